The number of nitrogens with zero attached hydrogens (tertiary/aromatic N) is 1. The summed E-state index contributed by atoms with van der Waals surface area (Å²) in [6, 6.07) is 11.5. The van der Waals surface area contributed by atoms with E-state index in [4.69, 9.17) is 0 Å². The molecule has 0 bridgehead atoms. The summed E-state index contributed by atoms with van der Waals surface area (Å²) in [6.07, 6.45) is 0. The highest BCUT2D eigenvalue weighted by molar-refractivity contribution is 9.13. The van der Waals surface area contributed by atoms with Crippen LogP contribution in [0.25, 0.3) is 0 Å². The van der Waals surface area contributed by atoms with Gasteiger partial charge in [0.15, 0.2) is 0 Å². The lowest BCUT2D eigenvalue weighted by molar-refractivity contribution is -0.119. The summed E-state index contributed by atoms with van der Waals surface area (Å²) in [6.45, 7) is 1.96. The number of halogens is 4. The van der Waals surface area contributed by atoms with Gasteiger partial charge in [-0.15, -0.1) is 0 Å². The Bertz CT molecular complexity index is 776. The minimum atomic E-state index is -0.225. The minimum absolute atomic E-state index is 0.115. The summed E-state index contributed by atoms with van der Waals surface area (Å²) in [5.41, 5.74) is 5.05. The average molecular weight is 583 g/mol. The van der Waals surface area contributed by atoms with Crippen molar-refractivity contribution in [2.24, 2.45) is 5.10 Å². The Morgan fingerprint density at radius 2 is 1.62 bits per heavy atom. The van der Waals surface area contributed by atoms with E-state index in [9.17, 15) is 4.79 Å². The first kappa shape index (κ1) is 19.6. The van der Waals surface area contributed by atoms with E-state index in [-0.39, 0.29) is 12.5 Å². The monoisotopic (exact) mass is 579 g/mol. The molecule has 0 heterocycles. The van der Waals surface area contributed by atoms with Gasteiger partial charge in [0.25, 0.3) is 5.91 Å². The third-order valence-electron chi connectivity index (χ3n) is 3.06. The molecule has 2 aromatic carbocycles. The molecule has 0 spiro atoms. The third kappa shape index (κ3) is 5.68. The topological polar surface area (TPSA) is 53.5 Å². The smallest absolute Gasteiger partial charge is 0.259 e. The van der Waals surface area contributed by atoms with Crippen molar-refractivity contribution in [2.45, 2.75) is 6.92 Å². The Morgan fingerprint density at radius 1 is 1.00 bits per heavy atom. The fraction of sp³-hybridized carbons (Fsp3) is 0.125. The lowest BCUT2D eigenvalue weighted by atomic mass is 10.1. The molecular weight excluding hydrogens is 570 g/mol. The normalized spacial score (nSPS) is 11.3. The van der Waals surface area contributed by atoms with E-state index in [0.29, 0.717) is 0 Å². The third-order valence-corrected chi connectivity index (χ3v) is 6.09. The Kier molecular flexibility index (Phi) is 7.46. The van der Waals surface area contributed by atoms with Gasteiger partial charge in [0.1, 0.15) is 0 Å². The summed E-state index contributed by atoms with van der Waals surface area (Å²) in [5, 5.41) is 7.19. The van der Waals surface area contributed by atoms with E-state index in [2.05, 4.69) is 79.6 Å². The molecule has 0 aliphatic rings. The van der Waals surface area contributed by atoms with Gasteiger partial charge in [-0.25, -0.2) is 5.43 Å². The molecule has 2 N–H and O–H groups in total. The molecule has 0 saturated heterocycles. The number of carbonyl (C=O) groups is 1. The number of nitrogens with one attached hydrogen (secondary N) is 2. The van der Waals surface area contributed by atoms with E-state index in [1.54, 1.807) is 0 Å². The van der Waals surface area contributed by atoms with Gasteiger partial charge >= 0.3 is 0 Å². The summed E-state index contributed by atoms with van der Waals surface area (Å²) < 4.78 is 3.69. The highest BCUT2D eigenvalue weighted by Crippen LogP contribution is 2.32. The molecule has 0 aliphatic heterocycles. The van der Waals surface area contributed by atoms with Gasteiger partial charge in [0.2, 0.25) is 0 Å². The Balaban J connectivity index is 1.93. The first-order valence-electron chi connectivity index (χ1n) is 6.84. The van der Waals surface area contributed by atoms with Crippen LogP contribution in [0.1, 0.15) is 12.5 Å². The number of carbonyl (C=O) groups excluding carboxylic acids is 1. The lowest BCUT2D eigenvalue weighted by Crippen LogP contribution is -2.26. The highest BCUT2D eigenvalue weighted by atomic mass is 79.9. The van der Waals surface area contributed by atoms with Crippen LogP contribution in [0.15, 0.2) is 59.4 Å². The summed E-state index contributed by atoms with van der Waals surface area (Å²) in [7, 11) is 0. The first-order valence-corrected chi connectivity index (χ1v) is 10.0. The zero-order chi connectivity index (χ0) is 17.7. The molecule has 1 amide bonds. The van der Waals surface area contributed by atoms with Crippen LogP contribution in [0.2, 0.25) is 0 Å². The van der Waals surface area contributed by atoms with Crippen molar-refractivity contribution in [1.29, 1.82) is 0 Å². The lowest BCUT2D eigenvalue weighted by Gasteiger charge is -2.09. The van der Waals surface area contributed by atoms with Crippen LogP contribution in [0, 0.1) is 0 Å². The summed E-state index contributed by atoms with van der Waals surface area (Å²) in [4.78, 5) is 11.9. The molecule has 0 radical (unpaired) electrons. The van der Waals surface area contributed by atoms with Crippen LogP contribution in [-0.2, 0) is 4.79 Å². The van der Waals surface area contributed by atoms with E-state index in [0.717, 1.165) is 34.9 Å². The highest BCUT2D eigenvalue weighted by Gasteiger charge is 2.07. The van der Waals surface area contributed by atoms with Gasteiger partial charge in [-0.2, -0.15) is 5.10 Å². The van der Waals surface area contributed by atoms with Crippen molar-refractivity contribution >= 4 is 81.0 Å². The maximum atomic E-state index is 11.9. The molecule has 0 saturated carbocycles. The SMILES string of the molecule is CC(=NNC(=O)CNc1cc(Br)c(Br)cc1Br)c1ccc(Br)cc1. The van der Waals surface area contributed by atoms with Crippen LogP contribution in [-0.4, -0.2) is 18.2 Å². The molecule has 2 rings (SSSR count). The second-order valence-corrected chi connectivity index (χ2v) is 8.32. The van der Waals surface area contributed by atoms with Crippen molar-refractivity contribution < 1.29 is 4.79 Å². The van der Waals surface area contributed by atoms with Crippen LogP contribution in [0.5, 0.6) is 0 Å². The summed E-state index contributed by atoms with van der Waals surface area (Å²) >= 11 is 13.7. The molecule has 0 aromatic heterocycles. The Morgan fingerprint density at radius 3 is 2.29 bits per heavy atom. The van der Waals surface area contributed by atoms with Crippen molar-refractivity contribution in [3.8, 4) is 0 Å². The number of benzene rings is 2. The molecule has 2 aromatic rings. The van der Waals surface area contributed by atoms with Crippen LogP contribution >= 0.6 is 63.7 Å². The zero-order valence-electron chi connectivity index (χ0n) is 12.5. The van der Waals surface area contributed by atoms with Gasteiger partial charge in [-0.05, 0) is 84.5 Å². The predicted octanol–water partition coefficient (Wildman–Crippen LogP) is 5.69. The molecular formula is C16H13Br4N3O. The van der Waals surface area contributed by atoms with E-state index in [1.165, 1.54) is 0 Å². The fourth-order valence-corrected chi connectivity index (χ4v) is 3.52. The average Bonchev–Trinajstić information content (AvgIpc) is 2.55. The molecule has 24 heavy (non-hydrogen) atoms. The molecule has 0 aliphatic carbocycles. The van der Waals surface area contributed by atoms with Gasteiger partial charge in [0, 0.05) is 17.9 Å². The first-order chi connectivity index (χ1) is 11.4. The largest absolute Gasteiger partial charge is 0.375 e. The quantitative estimate of drug-likeness (QED) is 0.270. The number of hydrogen-bond donors (Lipinski definition) is 2. The number of rotatable bonds is 5. The maximum Gasteiger partial charge on any atom is 0.259 e. The Labute approximate surface area is 174 Å². The molecule has 0 fully saturated rings. The van der Waals surface area contributed by atoms with Gasteiger partial charge < -0.3 is 5.32 Å². The molecule has 126 valence electrons. The van der Waals surface area contributed by atoms with Gasteiger partial charge in [0.05, 0.1) is 17.9 Å². The fourth-order valence-electron chi connectivity index (χ4n) is 1.77. The van der Waals surface area contributed by atoms with Crippen molar-refractivity contribution in [3.63, 3.8) is 0 Å². The molecule has 8 heteroatoms. The van der Waals surface area contributed by atoms with Crippen LogP contribution in [0.3, 0.4) is 0 Å². The number of hydrogen-bond acceptors (Lipinski definition) is 3. The van der Waals surface area contributed by atoms with E-state index in [1.807, 2.05) is 43.3 Å². The second kappa shape index (κ2) is 9.12. The predicted molar refractivity (Wildman–Crippen MR) is 113 cm³/mol. The van der Waals surface area contributed by atoms with Crippen LogP contribution < -0.4 is 10.7 Å². The number of amides is 1. The molecule has 0 atom stereocenters. The van der Waals surface area contributed by atoms with Gasteiger partial charge in [-0.1, -0.05) is 28.1 Å². The summed E-state index contributed by atoms with van der Waals surface area (Å²) in [5.74, 6) is -0.225. The number of anilines is 1. The Hall–Kier alpha value is -0.700. The second-order valence-electron chi connectivity index (χ2n) is 4.84. The standard InChI is InChI=1S/C16H13Br4N3O/c1-9(10-2-4-11(17)5-3-10)22-23-16(24)8-21-15-7-13(19)12(18)6-14(15)20/h2-7,21H,8H2,1H3,(H,23,24). The van der Waals surface area contributed by atoms with E-state index < -0.39 is 0 Å². The van der Waals surface area contributed by atoms with Crippen LogP contribution in [0.4, 0.5) is 5.69 Å². The van der Waals surface area contributed by atoms with E-state index >= 15 is 0 Å². The maximum absolute atomic E-state index is 11.9. The zero-order valence-corrected chi connectivity index (χ0v) is 18.9. The molecule has 0 unspecified atom stereocenters. The van der Waals surface area contributed by atoms with Crippen molar-refractivity contribution in [1.82, 2.24) is 5.43 Å². The van der Waals surface area contributed by atoms with Crippen molar-refractivity contribution in [3.05, 3.63) is 59.9 Å². The minimum Gasteiger partial charge on any atom is -0.375 e. The molecule has 4 nitrogen and oxygen atoms in total. The number of hydrazone groups is 1. The van der Waals surface area contributed by atoms with Crippen molar-refractivity contribution in [2.75, 3.05) is 11.9 Å². The van der Waals surface area contributed by atoms with Gasteiger partial charge in [-0.3, -0.25) is 4.79 Å².